The summed E-state index contributed by atoms with van der Waals surface area (Å²) in [6.45, 7) is 6.20. The zero-order chi connectivity index (χ0) is 42.2. The zero-order valence-electron chi connectivity index (χ0n) is 32.8. The standard InChI is InChI=1S/C41H47F3N6O8S/c1-28(59-33-23-54-39(55-24-33)9-5-4-8-31-11-10-30(22-45)20-35(31)43)41(25-50-27-46-26-48-50,34-13-12-32(42)21-36(34)44)58-40(53)57-29(2)56-38(52)15-14-37(51)47-16-19-49-17-6-3-7-18-49/h4-5,8-13,20-21,26-29,33,39H,3,6-7,14-19,23-25H2,1-2H3,(H,47,51). The molecule has 0 spiro atoms. The quantitative estimate of drug-likeness (QED) is 0.0899. The molecule has 0 aliphatic carbocycles. The molecule has 1 N–H and O–H groups in total. The summed E-state index contributed by atoms with van der Waals surface area (Å²) in [6.07, 6.45) is 8.56. The third kappa shape index (κ3) is 13.7. The van der Waals surface area contributed by atoms with Gasteiger partial charge >= 0.3 is 12.1 Å². The fourth-order valence-electron chi connectivity index (χ4n) is 6.54. The van der Waals surface area contributed by atoms with Gasteiger partial charge in [0.2, 0.25) is 12.2 Å². The molecule has 2 aliphatic rings. The Morgan fingerprint density at radius 2 is 1.81 bits per heavy atom. The van der Waals surface area contributed by atoms with Gasteiger partial charge in [-0.2, -0.15) is 10.4 Å². The molecule has 0 radical (unpaired) electrons. The number of carbonyl (C=O) groups is 3. The SMILES string of the molecule is CC(OC(=O)CCC(=O)NCCN1CCCCC1)OC(=O)OC(Cn1cncn1)(c1ccc(F)cc1F)C(C)SC1COC(C=CC=Cc2ccc(C#N)cc2F)OC1. The van der Waals surface area contributed by atoms with Crippen LogP contribution in [-0.4, -0.2) is 100 Å². The first-order chi connectivity index (χ1) is 28.4. The molecule has 5 rings (SSSR count). The third-order valence-corrected chi connectivity index (χ3v) is 11.0. The number of allylic oxidation sites excluding steroid dienone is 2. The number of hydrogen-bond acceptors (Lipinski definition) is 13. The normalized spacial score (nSPS) is 19.4. The van der Waals surface area contributed by atoms with E-state index in [1.807, 2.05) is 6.07 Å². The van der Waals surface area contributed by atoms with E-state index < -0.39 is 53.0 Å². The second-order valence-electron chi connectivity index (χ2n) is 13.9. The molecule has 2 fully saturated rings. The van der Waals surface area contributed by atoms with Gasteiger partial charge in [-0.25, -0.2) is 27.6 Å². The van der Waals surface area contributed by atoms with Crippen LogP contribution < -0.4 is 5.32 Å². The Morgan fingerprint density at radius 3 is 2.51 bits per heavy atom. The van der Waals surface area contributed by atoms with Gasteiger partial charge in [0.1, 0.15) is 30.1 Å². The predicted octanol–water partition coefficient (Wildman–Crippen LogP) is 6.02. The van der Waals surface area contributed by atoms with Crippen LogP contribution in [-0.2, 0) is 45.4 Å². The number of thioether (sulfide) groups is 1. The van der Waals surface area contributed by atoms with E-state index >= 15 is 4.39 Å². The average molecular weight is 841 g/mol. The molecular formula is C41H47F3N6O8S. The van der Waals surface area contributed by atoms with E-state index in [0.717, 1.165) is 44.6 Å². The number of nitriles is 1. The molecule has 1 amide bonds. The largest absolute Gasteiger partial charge is 0.512 e. The number of nitrogens with zero attached hydrogens (tertiary/aromatic N) is 5. The Morgan fingerprint density at radius 1 is 1.03 bits per heavy atom. The van der Waals surface area contributed by atoms with Gasteiger partial charge in [-0.05, 0) is 63.2 Å². The van der Waals surface area contributed by atoms with Gasteiger partial charge in [0, 0.05) is 48.9 Å². The number of hydrogen-bond donors (Lipinski definition) is 1. The fraction of sp³-hybridized carbons (Fsp3) is 0.463. The van der Waals surface area contributed by atoms with Gasteiger partial charge in [0.25, 0.3) is 0 Å². The number of aromatic nitrogens is 3. The molecule has 0 bridgehead atoms. The van der Waals surface area contributed by atoms with Crippen molar-refractivity contribution >= 4 is 35.9 Å². The van der Waals surface area contributed by atoms with E-state index in [4.69, 9.17) is 28.9 Å². The molecule has 2 aromatic carbocycles. The molecule has 14 nitrogen and oxygen atoms in total. The molecule has 3 aromatic rings. The summed E-state index contributed by atoms with van der Waals surface area (Å²) in [6, 6.07) is 8.91. The first-order valence-electron chi connectivity index (χ1n) is 19.2. The molecule has 3 atom stereocenters. The number of likely N-dealkylation sites (tertiary alicyclic amines) is 1. The second kappa shape index (κ2) is 22.2. The summed E-state index contributed by atoms with van der Waals surface area (Å²) in [5.41, 5.74) is -1.59. The summed E-state index contributed by atoms with van der Waals surface area (Å²) in [7, 11) is 0. The number of ether oxygens (including phenoxy) is 5. The van der Waals surface area contributed by atoms with Crippen LogP contribution in [0.3, 0.4) is 0 Å². The molecule has 0 saturated carbocycles. The number of carbonyl (C=O) groups excluding carboxylic acids is 3. The smallest absolute Gasteiger partial charge is 0.425 e. The third-order valence-electron chi connectivity index (χ3n) is 9.56. The van der Waals surface area contributed by atoms with Gasteiger partial charge in [-0.15, -0.1) is 11.8 Å². The molecule has 2 saturated heterocycles. The maximum atomic E-state index is 15.8. The lowest BCUT2D eigenvalue weighted by atomic mass is 9.89. The van der Waals surface area contributed by atoms with Gasteiger partial charge in [-0.3, -0.25) is 9.59 Å². The van der Waals surface area contributed by atoms with Crippen molar-refractivity contribution in [3.8, 4) is 6.07 Å². The van der Waals surface area contributed by atoms with Gasteiger partial charge < -0.3 is 33.9 Å². The molecule has 316 valence electrons. The number of benzene rings is 2. The van der Waals surface area contributed by atoms with Crippen molar-refractivity contribution in [1.29, 1.82) is 5.26 Å². The van der Waals surface area contributed by atoms with Crippen LogP contribution in [0.4, 0.5) is 18.0 Å². The highest BCUT2D eigenvalue weighted by Gasteiger charge is 2.47. The summed E-state index contributed by atoms with van der Waals surface area (Å²) >= 11 is 1.25. The van der Waals surface area contributed by atoms with Crippen molar-refractivity contribution in [2.24, 2.45) is 0 Å². The van der Waals surface area contributed by atoms with Crippen molar-refractivity contribution in [3.63, 3.8) is 0 Å². The van der Waals surface area contributed by atoms with Crippen molar-refractivity contribution in [2.75, 3.05) is 39.4 Å². The molecule has 59 heavy (non-hydrogen) atoms. The molecule has 3 unspecified atom stereocenters. The number of esters is 1. The Kier molecular flexibility index (Phi) is 16.9. The van der Waals surface area contributed by atoms with E-state index in [1.165, 1.54) is 66.7 Å². The molecule has 1 aromatic heterocycles. The molecule has 18 heteroatoms. The maximum absolute atomic E-state index is 15.8. The van der Waals surface area contributed by atoms with Crippen molar-refractivity contribution in [2.45, 2.75) is 81.2 Å². The van der Waals surface area contributed by atoms with E-state index in [9.17, 15) is 23.2 Å². The van der Waals surface area contributed by atoms with Crippen molar-refractivity contribution in [1.82, 2.24) is 25.0 Å². The first-order valence-corrected chi connectivity index (χ1v) is 20.2. The second-order valence-corrected chi connectivity index (χ2v) is 15.6. The molecule has 2 aliphatic heterocycles. The lowest BCUT2D eigenvalue weighted by Crippen LogP contribution is -2.47. The first kappa shape index (κ1) is 44.9. The summed E-state index contributed by atoms with van der Waals surface area (Å²) < 4.78 is 73.8. The number of nitrogens with one attached hydrogen (secondary N) is 1. The van der Waals surface area contributed by atoms with E-state index in [-0.39, 0.29) is 54.9 Å². The van der Waals surface area contributed by atoms with Gasteiger partial charge in [0.05, 0.1) is 43.1 Å². The lowest BCUT2D eigenvalue weighted by molar-refractivity contribution is -0.172. The summed E-state index contributed by atoms with van der Waals surface area (Å²) in [5, 5.41) is 14.7. The highest BCUT2D eigenvalue weighted by Crippen LogP contribution is 2.42. The number of piperidine rings is 1. The predicted molar refractivity (Wildman–Crippen MR) is 210 cm³/mol. The lowest BCUT2D eigenvalue weighted by Gasteiger charge is -2.40. The summed E-state index contributed by atoms with van der Waals surface area (Å²) in [4.78, 5) is 44.6. The minimum atomic E-state index is -1.91. The van der Waals surface area contributed by atoms with Gasteiger partial charge in [0.15, 0.2) is 11.9 Å². The Hall–Kier alpha value is -5.22. The van der Waals surface area contributed by atoms with Crippen LogP contribution in [0.15, 0.2) is 67.3 Å². The van der Waals surface area contributed by atoms with E-state index in [1.54, 1.807) is 25.2 Å². The van der Waals surface area contributed by atoms with Crippen molar-refractivity contribution in [3.05, 3.63) is 101 Å². The number of halogens is 3. The van der Waals surface area contributed by atoms with Crippen LogP contribution in [0.5, 0.6) is 0 Å². The topological polar surface area (TPSA) is 167 Å². The molecular weight excluding hydrogens is 794 g/mol. The monoisotopic (exact) mass is 840 g/mol. The van der Waals surface area contributed by atoms with E-state index in [0.29, 0.717) is 18.2 Å². The minimum Gasteiger partial charge on any atom is -0.425 e. The number of amides is 1. The molecule has 3 heterocycles. The highest BCUT2D eigenvalue weighted by atomic mass is 32.2. The highest BCUT2D eigenvalue weighted by molar-refractivity contribution is 8.00. The summed E-state index contributed by atoms with van der Waals surface area (Å²) in [5.74, 6) is -3.50. The van der Waals surface area contributed by atoms with Crippen LogP contribution in [0, 0.1) is 28.8 Å². The zero-order valence-corrected chi connectivity index (χ0v) is 33.6. The van der Waals surface area contributed by atoms with Crippen LogP contribution in [0.25, 0.3) is 6.08 Å². The van der Waals surface area contributed by atoms with Crippen LogP contribution >= 0.6 is 11.8 Å². The van der Waals surface area contributed by atoms with Crippen LogP contribution in [0.2, 0.25) is 0 Å². The van der Waals surface area contributed by atoms with Crippen LogP contribution in [0.1, 0.15) is 62.6 Å². The average Bonchev–Trinajstić information content (AvgIpc) is 3.72. The van der Waals surface area contributed by atoms with Crippen molar-refractivity contribution < 1.29 is 51.2 Å². The Labute approximate surface area is 344 Å². The fourth-order valence-corrected chi connectivity index (χ4v) is 7.90. The maximum Gasteiger partial charge on any atom is 0.512 e. The Balaban J connectivity index is 1.20. The number of rotatable bonds is 18. The minimum absolute atomic E-state index is 0.126. The Bertz CT molecular complexity index is 1970. The van der Waals surface area contributed by atoms with E-state index in [2.05, 4.69) is 20.3 Å². The van der Waals surface area contributed by atoms with Gasteiger partial charge in [-0.1, -0.05) is 30.7 Å².